The van der Waals surface area contributed by atoms with Crippen LogP contribution in [0, 0.1) is 0 Å². The lowest BCUT2D eigenvalue weighted by Crippen LogP contribution is -2.39. The molecule has 1 amide bonds. The van der Waals surface area contributed by atoms with Gasteiger partial charge in [0.1, 0.15) is 11.5 Å². The Morgan fingerprint density at radius 1 is 0.971 bits per heavy atom. The number of unbranched alkanes of at least 4 members (excludes halogenated alkanes) is 1. The highest BCUT2D eigenvalue weighted by atomic mass is 32.1. The molecule has 5 nitrogen and oxygen atoms in total. The number of rotatable bonds is 9. The highest BCUT2D eigenvalue weighted by Gasteiger charge is 2.25. The Labute approximate surface area is 203 Å². The molecule has 0 spiro atoms. The molecule has 0 aliphatic carbocycles. The number of fused-ring (bicyclic) bond motifs is 1. The lowest BCUT2D eigenvalue weighted by atomic mass is 10.1. The van der Waals surface area contributed by atoms with Gasteiger partial charge in [-0.05, 0) is 48.7 Å². The van der Waals surface area contributed by atoms with Gasteiger partial charge in [-0.3, -0.25) is 4.79 Å². The summed E-state index contributed by atoms with van der Waals surface area (Å²) in [6.45, 7) is 1.33. The fourth-order valence-electron chi connectivity index (χ4n) is 3.98. The maximum atomic E-state index is 12.7. The molecular weight excluding hydrogens is 444 g/mol. The molecule has 1 aromatic heterocycles. The summed E-state index contributed by atoms with van der Waals surface area (Å²) in [6, 6.07) is 26.1. The van der Waals surface area contributed by atoms with Crippen molar-refractivity contribution in [3.05, 3.63) is 94.8 Å². The van der Waals surface area contributed by atoms with Crippen molar-refractivity contribution in [1.82, 2.24) is 4.98 Å². The fourth-order valence-corrected chi connectivity index (χ4v) is 4.82. The Hall–Kier alpha value is -3.64. The van der Waals surface area contributed by atoms with Crippen LogP contribution >= 0.6 is 11.3 Å². The number of thiazole rings is 1. The number of carbonyl (C=O) groups excluding carboxylic acids is 1. The van der Waals surface area contributed by atoms with Gasteiger partial charge >= 0.3 is 0 Å². The second-order valence-corrected chi connectivity index (χ2v) is 9.12. The van der Waals surface area contributed by atoms with Crippen LogP contribution in [-0.2, 0) is 11.2 Å². The van der Waals surface area contributed by atoms with E-state index in [0.29, 0.717) is 13.2 Å². The van der Waals surface area contributed by atoms with Crippen molar-refractivity contribution >= 4 is 22.9 Å². The van der Waals surface area contributed by atoms with Gasteiger partial charge in [0.15, 0.2) is 6.61 Å². The number of para-hydroxylation sites is 1. The highest BCUT2D eigenvalue weighted by Crippen LogP contribution is 2.36. The van der Waals surface area contributed by atoms with Crippen LogP contribution in [0.15, 0.2) is 84.2 Å². The van der Waals surface area contributed by atoms with Gasteiger partial charge in [0, 0.05) is 23.9 Å². The van der Waals surface area contributed by atoms with Gasteiger partial charge in [-0.1, -0.05) is 48.5 Å². The summed E-state index contributed by atoms with van der Waals surface area (Å²) >= 11 is 1.66. The van der Waals surface area contributed by atoms with Crippen molar-refractivity contribution in [2.75, 3.05) is 24.7 Å². The summed E-state index contributed by atoms with van der Waals surface area (Å²) < 4.78 is 11.5. The summed E-state index contributed by atoms with van der Waals surface area (Å²) in [6.07, 6.45) is 2.53. The van der Waals surface area contributed by atoms with E-state index in [0.717, 1.165) is 52.7 Å². The van der Waals surface area contributed by atoms with Gasteiger partial charge in [0.25, 0.3) is 5.91 Å². The predicted molar refractivity (Wildman–Crippen MR) is 136 cm³/mol. The zero-order valence-electron chi connectivity index (χ0n) is 18.9. The molecular formula is C28H26N2O3S. The van der Waals surface area contributed by atoms with Crippen LogP contribution in [0.4, 0.5) is 5.69 Å². The van der Waals surface area contributed by atoms with Crippen LogP contribution in [0.1, 0.15) is 23.4 Å². The Kier molecular flexibility index (Phi) is 6.86. The first-order valence-electron chi connectivity index (χ1n) is 11.5. The molecule has 5 rings (SSSR count). The molecule has 6 heteroatoms. The van der Waals surface area contributed by atoms with Gasteiger partial charge in [-0.25, -0.2) is 4.98 Å². The largest absolute Gasteiger partial charge is 0.494 e. The van der Waals surface area contributed by atoms with Crippen LogP contribution in [0.2, 0.25) is 0 Å². The first-order valence-corrected chi connectivity index (χ1v) is 12.4. The number of anilines is 1. The van der Waals surface area contributed by atoms with E-state index in [-0.39, 0.29) is 12.5 Å². The van der Waals surface area contributed by atoms with Crippen molar-refractivity contribution in [1.29, 1.82) is 0 Å². The van der Waals surface area contributed by atoms with Crippen molar-refractivity contribution in [2.24, 2.45) is 0 Å². The number of amides is 1. The molecule has 0 saturated carbocycles. The zero-order valence-corrected chi connectivity index (χ0v) is 19.7. The van der Waals surface area contributed by atoms with Gasteiger partial charge in [-0.15, -0.1) is 11.3 Å². The highest BCUT2D eigenvalue weighted by molar-refractivity contribution is 7.10. The lowest BCUT2D eigenvalue weighted by molar-refractivity contribution is -0.121. The third-order valence-corrected chi connectivity index (χ3v) is 6.58. The molecule has 0 unspecified atom stereocenters. The molecule has 0 bridgehead atoms. The molecule has 0 radical (unpaired) electrons. The molecule has 0 atom stereocenters. The van der Waals surface area contributed by atoms with Gasteiger partial charge in [0.05, 0.1) is 23.0 Å². The Balaban J connectivity index is 1.25. The first kappa shape index (κ1) is 22.2. The monoisotopic (exact) mass is 470 g/mol. The van der Waals surface area contributed by atoms with E-state index >= 15 is 0 Å². The topological polar surface area (TPSA) is 51.7 Å². The average molecular weight is 471 g/mol. The lowest BCUT2D eigenvalue weighted by Gasteiger charge is -2.29. The van der Waals surface area contributed by atoms with E-state index in [1.54, 1.807) is 11.3 Å². The number of benzene rings is 3. The minimum absolute atomic E-state index is 0.0170. The van der Waals surface area contributed by atoms with E-state index in [4.69, 9.17) is 14.5 Å². The van der Waals surface area contributed by atoms with Gasteiger partial charge in [-0.2, -0.15) is 0 Å². The number of aromatic nitrogens is 1. The molecule has 0 N–H and O–H groups in total. The maximum Gasteiger partial charge on any atom is 0.265 e. The van der Waals surface area contributed by atoms with Gasteiger partial charge < -0.3 is 14.4 Å². The van der Waals surface area contributed by atoms with E-state index in [9.17, 15) is 4.79 Å². The van der Waals surface area contributed by atoms with Crippen molar-refractivity contribution in [2.45, 2.75) is 19.3 Å². The van der Waals surface area contributed by atoms with E-state index in [2.05, 4.69) is 17.5 Å². The molecule has 34 heavy (non-hydrogen) atoms. The third kappa shape index (κ3) is 5.29. The molecule has 1 aliphatic heterocycles. The normalized spacial score (nSPS) is 12.8. The average Bonchev–Trinajstić information content (AvgIpc) is 3.34. The van der Waals surface area contributed by atoms with E-state index in [1.165, 1.54) is 5.56 Å². The molecule has 4 aromatic rings. The predicted octanol–water partition coefficient (Wildman–Crippen LogP) is 5.99. The second kappa shape index (κ2) is 10.5. The standard InChI is InChI=1S/C28H26N2O3S/c31-28-19-33-26-14-13-22(24-20-34-27(29-24)17-21-9-3-1-4-10-21)18-25(26)30(28)15-7-8-16-32-23-11-5-2-6-12-23/h1-6,9-14,18,20H,7-8,15-17,19H2. The summed E-state index contributed by atoms with van der Waals surface area (Å²) in [7, 11) is 0. The number of carbonyl (C=O) groups is 1. The summed E-state index contributed by atoms with van der Waals surface area (Å²) in [4.78, 5) is 19.3. The molecule has 2 heterocycles. The SMILES string of the molecule is O=C1COc2ccc(-c3csc(Cc4ccccc4)n3)cc2N1CCCCOc1ccccc1. The Morgan fingerprint density at radius 2 is 1.76 bits per heavy atom. The van der Waals surface area contributed by atoms with Crippen molar-refractivity contribution in [3.8, 4) is 22.8 Å². The smallest absolute Gasteiger partial charge is 0.265 e. The second-order valence-electron chi connectivity index (χ2n) is 8.17. The number of hydrogen-bond donors (Lipinski definition) is 0. The number of nitrogens with zero attached hydrogens (tertiary/aromatic N) is 2. The molecule has 1 aliphatic rings. The summed E-state index contributed by atoms with van der Waals surface area (Å²) in [5.41, 5.74) is 3.98. The van der Waals surface area contributed by atoms with Gasteiger partial charge in [0.2, 0.25) is 0 Å². The molecule has 172 valence electrons. The minimum atomic E-state index is -0.0170. The quantitative estimate of drug-likeness (QED) is 0.282. The third-order valence-electron chi connectivity index (χ3n) is 5.74. The Morgan fingerprint density at radius 3 is 2.59 bits per heavy atom. The zero-order chi connectivity index (χ0) is 23.2. The van der Waals surface area contributed by atoms with Crippen LogP contribution in [0.25, 0.3) is 11.3 Å². The fraction of sp³-hybridized carbons (Fsp3) is 0.214. The number of hydrogen-bond acceptors (Lipinski definition) is 5. The Bertz CT molecular complexity index is 1240. The molecule has 0 fully saturated rings. The summed E-state index contributed by atoms with van der Waals surface area (Å²) in [5, 5.41) is 3.15. The molecule has 0 saturated heterocycles. The van der Waals surface area contributed by atoms with Crippen molar-refractivity contribution < 1.29 is 14.3 Å². The minimum Gasteiger partial charge on any atom is -0.494 e. The van der Waals surface area contributed by atoms with Crippen LogP contribution in [0.5, 0.6) is 11.5 Å². The van der Waals surface area contributed by atoms with E-state index in [1.807, 2.05) is 71.6 Å². The van der Waals surface area contributed by atoms with Crippen LogP contribution in [-0.4, -0.2) is 30.6 Å². The van der Waals surface area contributed by atoms with E-state index < -0.39 is 0 Å². The maximum absolute atomic E-state index is 12.7. The van der Waals surface area contributed by atoms with Crippen molar-refractivity contribution in [3.63, 3.8) is 0 Å². The first-order chi connectivity index (χ1) is 16.8. The number of ether oxygens (including phenoxy) is 2. The van der Waals surface area contributed by atoms with Crippen LogP contribution in [0.3, 0.4) is 0 Å². The molecule has 3 aromatic carbocycles. The van der Waals surface area contributed by atoms with Crippen LogP contribution < -0.4 is 14.4 Å². The summed E-state index contributed by atoms with van der Waals surface area (Å²) in [5.74, 6) is 1.59.